The zero-order valence-corrected chi connectivity index (χ0v) is 17.2. The Morgan fingerprint density at radius 3 is 2.25 bits per heavy atom. The van der Waals surface area contributed by atoms with Gasteiger partial charge in [0.05, 0.1) is 4.90 Å². The molecule has 148 valence electrons. The highest BCUT2D eigenvalue weighted by Crippen LogP contribution is 2.24. The van der Waals surface area contributed by atoms with E-state index >= 15 is 0 Å². The summed E-state index contributed by atoms with van der Waals surface area (Å²) >= 11 is 0. The van der Waals surface area contributed by atoms with Crippen LogP contribution in [0.15, 0.2) is 58.4 Å². The molecule has 0 saturated carbocycles. The number of hydrogen-bond acceptors (Lipinski definition) is 4. The van der Waals surface area contributed by atoms with Crippen molar-refractivity contribution in [3.63, 3.8) is 0 Å². The molecule has 1 aliphatic rings. The van der Waals surface area contributed by atoms with Gasteiger partial charge in [0.15, 0.2) is 0 Å². The summed E-state index contributed by atoms with van der Waals surface area (Å²) in [5.74, 6) is 0.234. The lowest BCUT2D eigenvalue weighted by Gasteiger charge is -2.17. The topological polar surface area (TPSA) is 87.6 Å². The van der Waals surface area contributed by atoms with Crippen molar-refractivity contribution in [3.05, 3.63) is 59.7 Å². The van der Waals surface area contributed by atoms with Gasteiger partial charge >= 0.3 is 0 Å². The van der Waals surface area contributed by atoms with E-state index in [9.17, 15) is 13.2 Å². The lowest BCUT2D eigenvalue weighted by molar-refractivity contribution is -0.118. The number of aliphatic imine (C=N–C) groups is 1. The average Bonchev–Trinajstić information content (AvgIpc) is 2.90. The molecule has 1 heterocycles. The van der Waals surface area contributed by atoms with Crippen LogP contribution in [0.3, 0.4) is 0 Å². The van der Waals surface area contributed by atoms with Crippen LogP contribution in [0.2, 0.25) is 0 Å². The summed E-state index contributed by atoms with van der Waals surface area (Å²) in [6, 6.07) is 13.6. The number of amides is 1. The molecule has 1 atom stereocenters. The number of benzene rings is 2. The van der Waals surface area contributed by atoms with E-state index in [1.807, 2.05) is 38.1 Å². The first-order chi connectivity index (χ1) is 13.2. The molecule has 1 amide bonds. The zero-order valence-electron chi connectivity index (χ0n) is 16.4. The number of rotatable bonds is 5. The summed E-state index contributed by atoms with van der Waals surface area (Å²) < 4.78 is 27.0. The van der Waals surface area contributed by atoms with E-state index in [1.165, 1.54) is 11.6 Å². The summed E-state index contributed by atoms with van der Waals surface area (Å²) in [4.78, 5) is 17.5. The Morgan fingerprint density at radius 2 is 1.64 bits per heavy atom. The molecule has 0 bridgehead atoms. The van der Waals surface area contributed by atoms with Gasteiger partial charge in [0, 0.05) is 11.3 Å². The van der Waals surface area contributed by atoms with Gasteiger partial charge in [0.2, 0.25) is 5.91 Å². The Bertz CT molecular complexity index is 1010. The van der Waals surface area contributed by atoms with Crippen molar-refractivity contribution in [2.24, 2.45) is 10.9 Å². The number of nitrogens with zero attached hydrogens (tertiary/aromatic N) is 1. The molecule has 7 heteroatoms. The summed E-state index contributed by atoms with van der Waals surface area (Å²) in [6.45, 7) is 7.98. The van der Waals surface area contributed by atoms with Gasteiger partial charge in [0.1, 0.15) is 11.9 Å². The predicted molar refractivity (Wildman–Crippen MR) is 111 cm³/mol. The van der Waals surface area contributed by atoms with Crippen LogP contribution in [0.5, 0.6) is 0 Å². The van der Waals surface area contributed by atoms with Crippen LogP contribution < -0.4 is 10.0 Å². The van der Waals surface area contributed by atoms with Crippen LogP contribution in [-0.2, 0) is 14.8 Å². The Balaban J connectivity index is 1.86. The third-order valence-corrected chi connectivity index (χ3v) is 6.07. The van der Waals surface area contributed by atoms with E-state index in [-0.39, 0.29) is 22.6 Å². The molecular weight excluding hydrogens is 374 g/mol. The third-order valence-electron chi connectivity index (χ3n) is 4.68. The Hall–Kier alpha value is -2.67. The number of hydrogen-bond donors (Lipinski definition) is 2. The van der Waals surface area contributed by atoms with Gasteiger partial charge in [-0.25, -0.2) is 8.42 Å². The second-order valence-corrected chi connectivity index (χ2v) is 9.19. The minimum Gasteiger partial charge on any atom is -0.324 e. The van der Waals surface area contributed by atoms with E-state index in [0.29, 0.717) is 17.2 Å². The van der Waals surface area contributed by atoms with Crippen LogP contribution >= 0.6 is 0 Å². The van der Waals surface area contributed by atoms with Crippen molar-refractivity contribution in [3.8, 4) is 0 Å². The van der Waals surface area contributed by atoms with Gasteiger partial charge in [0.25, 0.3) is 10.0 Å². The molecule has 0 saturated heterocycles. The van der Waals surface area contributed by atoms with Crippen molar-refractivity contribution < 1.29 is 13.2 Å². The molecule has 0 aliphatic carbocycles. The van der Waals surface area contributed by atoms with Crippen molar-refractivity contribution in [1.29, 1.82) is 0 Å². The maximum Gasteiger partial charge on any atom is 0.263 e. The predicted octanol–water partition coefficient (Wildman–Crippen LogP) is 3.51. The van der Waals surface area contributed by atoms with Gasteiger partial charge in [-0.05, 0) is 41.7 Å². The maximum absolute atomic E-state index is 12.8. The van der Waals surface area contributed by atoms with Crippen LogP contribution in [0.4, 0.5) is 5.69 Å². The van der Waals surface area contributed by atoms with E-state index in [0.717, 1.165) is 0 Å². The lowest BCUT2D eigenvalue weighted by Crippen LogP contribution is -2.34. The number of nitrogens with one attached hydrogen (secondary N) is 2. The summed E-state index contributed by atoms with van der Waals surface area (Å²) in [5, 5.41) is 2.88. The van der Waals surface area contributed by atoms with Gasteiger partial charge in [-0.3, -0.25) is 14.5 Å². The van der Waals surface area contributed by atoms with E-state index in [4.69, 9.17) is 0 Å². The lowest BCUT2D eigenvalue weighted by atomic mass is 10.0. The van der Waals surface area contributed by atoms with Crippen LogP contribution in [0.1, 0.15) is 44.7 Å². The average molecular weight is 400 g/mol. The number of carbonyl (C=O) groups excluding carboxylic acids is 1. The van der Waals surface area contributed by atoms with Crippen LogP contribution in [0, 0.1) is 5.92 Å². The summed E-state index contributed by atoms with van der Waals surface area (Å²) in [6.07, 6.45) is 0. The monoisotopic (exact) mass is 399 g/mol. The molecule has 1 aliphatic heterocycles. The summed E-state index contributed by atoms with van der Waals surface area (Å²) in [5.41, 5.74) is 2.37. The molecule has 0 spiro atoms. The summed E-state index contributed by atoms with van der Waals surface area (Å²) in [7, 11) is -3.64. The minimum atomic E-state index is -3.64. The second kappa shape index (κ2) is 7.75. The Morgan fingerprint density at radius 1 is 1.00 bits per heavy atom. The molecular formula is C21H25N3O3S. The molecule has 2 aromatic rings. The molecule has 0 fully saturated rings. The molecule has 3 rings (SSSR count). The Labute approximate surface area is 166 Å². The van der Waals surface area contributed by atoms with E-state index in [1.54, 1.807) is 18.2 Å². The largest absolute Gasteiger partial charge is 0.324 e. The molecule has 2 N–H and O–H groups in total. The minimum absolute atomic E-state index is 0.111. The first kappa shape index (κ1) is 20.1. The van der Waals surface area contributed by atoms with Crippen molar-refractivity contribution in [1.82, 2.24) is 4.72 Å². The van der Waals surface area contributed by atoms with E-state index < -0.39 is 16.1 Å². The maximum atomic E-state index is 12.8. The smallest absolute Gasteiger partial charge is 0.263 e. The van der Waals surface area contributed by atoms with Crippen molar-refractivity contribution in [2.45, 2.75) is 44.6 Å². The van der Waals surface area contributed by atoms with Crippen molar-refractivity contribution >= 4 is 27.5 Å². The highest BCUT2D eigenvalue weighted by Gasteiger charge is 2.32. The number of anilines is 1. The number of sulfonamides is 1. The molecule has 2 aromatic carbocycles. The fourth-order valence-electron chi connectivity index (χ4n) is 3.05. The fourth-order valence-corrected chi connectivity index (χ4v) is 4.29. The Kier molecular flexibility index (Phi) is 5.56. The highest BCUT2D eigenvalue weighted by atomic mass is 32.2. The molecule has 0 unspecified atom stereocenters. The standard InChI is InChI=1S/C21H25N3O3S/c1-13(2)15-9-11-16(12-10-15)22-21(25)19(14(3)4)23-20-17-7-5-6-8-18(17)28(26,27)24-20/h5-14,19H,1-4H3,(H,22,25)(H,23,24)/t19-/m0/s1. The molecule has 6 nitrogen and oxygen atoms in total. The van der Waals surface area contributed by atoms with Gasteiger partial charge in [-0.15, -0.1) is 0 Å². The number of carbonyl (C=O) groups is 1. The number of fused-ring (bicyclic) bond motifs is 1. The normalized spacial score (nSPS) is 17.4. The van der Waals surface area contributed by atoms with Gasteiger partial charge in [-0.2, -0.15) is 0 Å². The quantitative estimate of drug-likeness (QED) is 0.806. The first-order valence-electron chi connectivity index (χ1n) is 9.30. The molecule has 28 heavy (non-hydrogen) atoms. The highest BCUT2D eigenvalue weighted by molar-refractivity contribution is 7.90. The van der Waals surface area contributed by atoms with Crippen molar-refractivity contribution in [2.75, 3.05) is 5.32 Å². The first-order valence-corrected chi connectivity index (χ1v) is 10.8. The van der Waals surface area contributed by atoms with E-state index in [2.05, 4.69) is 28.9 Å². The third kappa shape index (κ3) is 4.09. The zero-order chi connectivity index (χ0) is 20.5. The van der Waals surface area contributed by atoms with Crippen LogP contribution in [-0.4, -0.2) is 26.2 Å². The second-order valence-electron chi connectivity index (χ2n) is 7.53. The molecule has 0 radical (unpaired) electrons. The molecule has 0 aromatic heterocycles. The number of amidine groups is 1. The van der Waals surface area contributed by atoms with Gasteiger partial charge in [-0.1, -0.05) is 52.0 Å². The SMILES string of the molecule is CC(C)c1ccc(NC(=O)[C@@H](N=C2NS(=O)(=O)c3ccccc32)C(C)C)cc1. The van der Waals surface area contributed by atoms with Gasteiger partial charge < -0.3 is 5.32 Å². The fraction of sp³-hybridized carbons (Fsp3) is 0.333. The van der Waals surface area contributed by atoms with Crippen LogP contribution in [0.25, 0.3) is 0 Å².